The summed E-state index contributed by atoms with van der Waals surface area (Å²) in [5.41, 5.74) is 2.60. The summed E-state index contributed by atoms with van der Waals surface area (Å²) in [4.78, 5) is 10.7. The maximum absolute atomic E-state index is 10.7. The van der Waals surface area contributed by atoms with Crippen LogP contribution in [0.25, 0.3) is 0 Å². The molecule has 0 aromatic carbocycles. The van der Waals surface area contributed by atoms with Crippen molar-refractivity contribution >= 4 is 5.97 Å². The lowest BCUT2D eigenvalue weighted by atomic mass is 9.47. The van der Waals surface area contributed by atoms with Crippen LogP contribution in [-0.2, 0) is 9.53 Å². The second-order valence-corrected chi connectivity index (χ2v) is 13.6. The number of rotatable bonds is 11. The van der Waals surface area contributed by atoms with E-state index in [1.54, 1.807) is 5.57 Å². The molecule has 3 fully saturated rings. The van der Waals surface area contributed by atoms with Gasteiger partial charge in [0, 0.05) is 6.54 Å². The third-order valence-corrected chi connectivity index (χ3v) is 11.2. The first-order chi connectivity index (χ1) is 16.6. The lowest BCUT2D eigenvalue weighted by Gasteiger charge is -2.58. The van der Waals surface area contributed by atoms with Gasteiger partial charge < -0.3 is 15.2 Å². The SMILES string of the molecule is CC(C)CCC[C@@H](C)[C@H]1CCC2C3CC=C4C[C@@H](OCCNCC(=O)O)CC[C@]4(C)C3CC[C@@]21C. The molecule has 3 unspecified atom stereocenters. The van der Waals surface area contributed by atoms with Crippen LogP contribution in [0.1, 0.15) is 105 Å². The molecule has 3 saturated carbocycles. The number of carboxylic acids is 1. The molecule has 0 radical (unpaired) electrons. The maximum Gasteiger partial charge on any atom is 0.317 e. The summed E-state index contributed by atoms with van der Waals surface area (Å²) >= 11 is 0. The number of hydrogen-bond donors (Lipinski definition) is 2. The number of fused-ring (bicyclic) bond motifs is 5. The quantitative estimate of drug-likeness (QED) is 0.241. The first kappa shape index (κ1) is 27.2. The molecule has 0 spiro atoms. The van der Waals surface area contributed by atoms with Crippen LogP contribution in [0.5, 0.6) is 0 Å². The lowest BCUT2D eigenvalue weighted by molar-refractivity contribution is -0.136. The van der Waals surface area contributed by atoms with Crippen LogP contribution < -0.4 is 5.32 Å². The molecule has 0 aromatic heterocycles. The third kappa shape index (κ3) is 5.69. The van der Waals surface area contributed by atoms with Gasteiger partial charge in [-0.2, -0.15) is 0 Å². The van der Waals surface area contributed by atoms with Gasteiger partial charge in [0.1, 0.15) is 0 Å². The summed E-state index contributed by atoms with van der Waals surface area (Å²) in [6, 6.07) is 0. The van der Waals surface area contributed by atoms with Gasteiger partial charge in [-0.3, -0.25) is 4.79 Å². The topological polar surface area (TPSA) is 58.6 Å². The molecule has 2 N–H and O–H groups in total. The average Bonchev–Trinajstić information content (AvgIpc) is 3.15. The molecule has 0 amide bonds. The van der Waals surface area contributed by atoms with E-state index in [-0.39, 0.29) is 6.54 Å². The Kier molecular flexibility index (Phi) is 8.74. The van der Waals surface area contributed by atoms with E-state index in [2.05, 4.69) is 46.0 Å². The van der Waals surface area contributed by atoms with Gasteiger partial charge in [0.2, 0.25) is 0 Å². The van der Waals surface area contributed by atoms with Gasteiger partial charge in [0.15, 0.2) is 0 Å². The zero-order chi connectivity index (χ0) is 25.2. The van der Waals surface area contributed by atoms with E-state index >= 15 is 0 Å². The van der Waals surface area contributed by atoms with Crippen LogP contribution in [0.15, 0.2) is 11.6 Å². The molecular formula is C31H53NO3. The van der Waals surface area contributed by atoms with E-state index < -0.39 is 5.97 Å². The summed E-state index contributed by atoms with van der Waals surface area (Å²) in [6.07, 6.45) is 17.7. The van der Waals surface area contributed by atoms with E-state index in [0.29, 0.717) is 30.1 Å². The summed E-state index contributed by atoms with van der Waals surface area (Å²) < 4.78 is 6.17. The van der Waals surface area contributed by atoms with Crippen LogP contribution in [0.2, 0.25) is 0 Å². The predicted molar refractivity (Wildman–Crippen MR) is 143 cm³/mol. The van der Waals surface area contributed by atoms with Gasteiger partial charge in [0.05, 0.1) is 19.3 Å². The fraction of sp³-hybridized carbons (Fsp3) is 0.903. The summed E-state index contributed by atoms with van der Waals surface area (Å²) in [5, 5.41) is 11.7. The standard InChI is InChI=1S/C31H53NO3/c1-21(2)7-6-8-22(3)26-11-12-27-25-10-9-23-19-24(35-18-17-32-20-29(33)34)13-15-30(23,4)28(25)14-16-31(26,27)5/h9,21-22,24-28,32H,6-8,10-20H2,1-5H3,(H,33,34)/t22-,24+,25?,26-,27?,28?,30+,31-/m1/s1. The largest absolute Gasteiger partial charge is 0.480 e. The van der Waals surface area contributed by atoms with Crippen molar-refractivity contribution in [1.82, 2.24) is 5.32 Å². The molecular weight excluding hydrogens is 434 g/mol. The Balaban J connectivity index is 1.36. The molecule has 0 saturated heterocycles. The third-order valence-electron chi connectivity index (χ3n) is 11.2. The van der Waals surface area contributed by atoms with E-state index in [1.807, 2.05) is 0 Å². The van der Waals surface area contributed by atoms with Gasteiger partial charge in [-0.25, -0.2) is 0 Å². The van der Waals surface area contributed by atoms with Gasteiger partial charge in [-0.1, -0.05) is 65.5 Å². The van der Waals surface area contributed by atoms with Gasteiger partial charge in [-0.05, 0) is 97.7 Å². The number of nitrogens with one attached hydrogen (secondary N) is 1. The number of aliphatic carboxylic acids is 1. The second kappa shape index (κ2) is 11.3. The Labute approximate surface area is 215 Å². The Bertz CT molecular complexity index is 762. The van der Waals surface area contributed by atoms with Crippen LogP contribution in [0, 0.1) is 46.3 Å². The highest BCUT2D eigenvalue weighted by molar-refractivity contribution is 5.68. The fourth-order valence-electron chi connectivity index (χ4n) is 9.29. The Morgan fingerprint density at radius 3 is 2.66 bits per heavy atom. The minimum Gasteiger partial charge on any atom is -0.480 e. The number of allylic oxidation sites excluding steroid dienone is 1. The van der Waals surface area contributed by atoms with Crippen LogP contribution in [-0.4, -0.2) is 36.9 Å². The van der Waals surface area contributed by atoms with Crippen molar-refractivity contribution in [3.05, 3.63) is 11.6 Å². The summed E-state index contributed by atoms with van der Waals surface area (Å²) in [7, 11) is 0. The maximum atomic E-state index is 10.7. The van der Waals surface area contributed by atoms with Crippen LogP contribution in [0.3, 0.4) is 0 Å². The molecule has 200 valence electrons. The zero-order valence-corrected chi connectivity index (χ0v) is 23.3. The van der Waals surface area contributed by atoms with Crippen molar-refractivity contribution in [3.8, 4) is 0 Å². The van der Waals surface area contributed by atoms with Crippen molar-refractivity contribution < 1.29 is 14.6 Å². The lowest BCUT2D eigenvalue weighted by Crippen LogP contribution is -2.51. The van der Waals surface area contributed by atoms with Gasteiger partial charge >= 0.3 is 5.97 Å². The van der Waals surface area contributed by atoms with Crippen molar-refractivity contribution in [1.29, 1.82) is 0 Å². The number of ether oxygens (including phenoxy) is 1. The monoisotopic (exact) mass is 487 g/mol. The van der Waals surface area contributed by atoms with Crippen molar-refractivity contribution in [2.45, 2.75) is 111 Å². The van der Waals surface area contributed by atoms with Gasteiger partial charge in [-0.15, -0.1) is 0 Å². The van der Waals surface area contributed by atoms with E-state index in [1.165, 1.54) is 57.8 Å². The van der Waals surface area contributed by atoms with Crippen LogP contribution >= 0.6 is 0 Å². The molecule has 4 aliphatic carbocycles. The first-order valence-corrected chi connectivity index (χ1v) is 14.9. The fourth-order valence-corrected chi connectivity index (χ4v) is 9.29. The number of carboxylic acid groups (broad SMARTS) is 1. The Hall–Kier alpha value is -0.870. The van der Waals surface area contributed by atoms with E-state index in [9.17, 15) is 4.79 Å². The molecule has 0 aromatic rings. The highest BCUT2D eigenvalue weighted by Gasteiger charge is 2.59. The Morgan fingerprint density at radius 2 is 1.91 bits per heavy atom. The van der Waals surface area contributed by atoms with E-state index in [4.69, 9.17) is 9.84 Å². The average molecular weight is 488 g/mol. The summed E-state index contributed by atoms with van der Waals surface area (Å²) in [5.74, 6) is 4.49. The molecule has 0 heterocycles. The molecule has 0 bridgehead atoms. The molecule has 8 atom stereocenters. The molecule has 0 aliphatic heterocycles. The molecule has 4 nitrogen and oxygen atoms in total. The smallest absolute Gasteiger partial charge is 0.317 e. The van der Waals surface area contributed by atoms with Gasteiger partial charge in [0.25, 0.3) is 0 Å². The Morgan fingerprint density at radius 1 is 1.11 bits per heavy atom. The highest BCUT2D eigenvalue weighted by Crippen LogP contribution is 2.67. The molecule has 35 heavy (non-hydrogen) atoms. The normalized spacial score (nSPS) is 39.5. The predicted octanol–water partition coefficient (Wildman–Crippen LogP) is 7.09. The van der Waals surface area contributed by atoms with Crippen molar-refractivity contribution in [3.63, 3.8) is 0 Å². The second-order valence-electron chi connectivity index (χ2n) is 13.6. The first-order valence-electron chi connectivity index (χ1n) is 14.9. The highest BCUT2D eigenvalue weighted by atomic mass is 16.5. The van der Waals surface area contributed by atoms with Crippen LogP contribution in [0.4, 0.5) is 0 Å². The zero-order valence-electron chi connectivity index (χ0n) is 23.3. The minimum atomic E-state index is -0.807. The van der Waals surface area contributed by atoms with Crippen molar-refractivity contribution in [2.24, 2.45) is 46.3 Å². The summed E-state index contributed by atoms with van der Waals surface area (Å²) in [6.45, 7) is 13.8. The molecule has 4 heteroatoms. The van der Waals surface area contributed by atoms with E-state index in [0.717, 1.165) is 48.3 Å². The molecule has 4 rings (SSSR count). The number of carbonyl (C=O) groups is 1. The molecule has 4 aliphatic rings. The van der Waals surface area contributed by atoms with Crippen molar-refractivity contribution in [2.75, 3.05) is 19.7 Å². The number of hydrogen-bond acceptors (Lipinski definition) is 3. The minimum absolute atomic E-state index is 0.0119.